The van der Waals surface area contributed by atoms with Crippen LogP contribution in [0.1, 0.15) is 35.7 Å². The lowest BCUT2D eigenvalue weighted by molar-refractivity contribution is -0.114. The molecule has 3 heteroatoms. The Balaban J connectivity index is 2.68. The highest BCUT2D eigenvalue weighted by atomic mass is 16.5. The minimum atomic E-state index is -0.359. The Bertz CT molecular complexity index is 416. The van der Waals surface area contributed by atoms with E-state index in [1.165, 1.54) is 7.11 Å². The molecule has 0 radical (unpaired) electrons. The first-order valence-electron chi connectivity index (χ1n) is 5.56. The van der Waals surface area contributed by atoms with Crippen LogP contribution >= 0.6 is 0 Å². The number of benzene rings is 1. The normalized spacial score (nSPS) is 10.5. The molecule has 17 heavy (non-hydrogen) atoms. The van der Waals surface area contributed by atoms with Crippen molar-refractivity contribution in [3.63, 3.8) is 0 Å². The molecule has 0 heterocycles. The van der Waals surface area contributed by atoms with Gasteiger partial charge < -0.3 is 4.74 Å². The fourth-order valence-corrected chi connectivity index (χ4v) is 1.37. The second-order valence-electron chi connectivity index (χ2n) is 3.66. The van der Waals surface area contributed by atoms with E-state index in [-0.39, 0.29) is 11.8 Å². The fourth-order valence-electron chi connectivity index (χ4n) is 1.37. The number of hydrogen-bond donors (Lipinski definition) is 0. The van der Waals surface area contributed by atoms with E-state index < -0.39 is 0 Å². The van der Waals surface area contributed by atoms with Crippen molar-refractivity contribution in [3.8, 4) is 0 Å². The SMILES string of the molecule is CCCC(=O)/C=C/c1ccc(C(=O)OC)cc1. The number of carbonyl (C=O) groups excluding carboxylic acids is 2. The predicted molar refractivity (Wildman–Crippen MR) is 66.7 cm³/mol. The first-order valence-corrected chi connectivity index (χ1v) is 5.56. The van der Waals surface area contributed by atoms with Crippen molar-refractivity contribution in [1.29, 1.82) is 0 Å². The Morgan fingerprint density at radius 1 is 1.24 bits per heavy atom. The van der Waals surface area contributed by atoms with E-state index in [1.54, 1.807) is 36.4 Å². The Morgan fingerprint density at radius 2 is 1.88 bits per heavy atom. The van der Waals surface area contributed by atoms with Crippen molar-refractivity contribution >= 4 is 17.8 Å². The van der Waals surface area contributed by atoms with E-state index in [9.17, 15) is 9.59 Å². The van der Waals surface area contributed by atoms with Crippen molar-refractivity contribution in [2.45, 2.75) is 19.8 Å². The van der Waals surface area contributed by atoms with E-state index in [2.05, 4.69) is 4.74 Å². The molecule has 0 N–H and O–H groups in total. The summed E-state index contributed by atoms with van der Waals surface area (Å²) in [4.78, 5) is 22.5. The van der Waals surface area contributed by atoms with Crippen LogP contribution in [0.2, 0.25) is 0 Å². The second-order valence-corrected chi connectivity index (χ2v) is 3.66. The molecule has 90 valence electrons. The van der Waals surface area contributed by atoms with Crippen LogP contribution in [0.5, 0.6) is 0 Å². The molecule has 0 aromatic heterocycles. The number of ketones is 1. The molecule has 0 amide bonds. The van der Waals surface area contributed by atoms with Gasteiger partial charge in [0.2, 0.25) is 0 Å². The topological polar surface area (TPSA) is 43.4 Å². The lowest BCUT2D eigenvalue weighted by Gasteiger charge is -1.99. The molecule has 1 aromatic rings. The van der Waals surface area contributed by atoms with Crippen LogP contribution < -0.4 is 0 Å². The van der Waals surface area contributed by atoms with Gasteiger partial charge in [0.05, 0.1) is 12.7 Å². The number of ether oxygens (including phenoxy) is 1. The smallest absolute Gasteiger partial charge is 0.337 e. The maximum Gasteiger partial charge on any atom is 0.337 e. The van der Waals surface area contributed by atoms with Gasteiger partial charge in [0.15, 0.2) is 5.78 Å². The number of allylic oxidation sites excluding steroid dienone is 1. The molecule has 3 nitrogen and oxygen atoms in total. The maximum absolute atomic E-state index is 11.3. The van der Waals surface area contributed by atoms with E-state index in [4.69, 9.17) is 0 Å². The van der Waals surface area contributed by atoms with Gasteiger partial charge in [-0.3, -0.25) is 4.79 Å². The Morgan fingerprint density at radius 3 is 2.41 bits per heavy atom. The zero-order valence-electron chi connectivity index (χ0n) is 10.1. The molecule has 0 bridgehead atoms. The summed E-state index contributed by atoms with van der Waals surface area (Å²) in [5.41, 5.74) is 1.40. The quantitative estimate of drug-likeness (QED) is 0.579. The predicted octanol–water partition coefficient (Wildman–Crippen LogP) is 2.86. The lowest BCUT2D eigenvalue weighted by atomic mass is 10.1. The summed E-state index contributed by atoms with van der Waals surface area (Å²) in [6, 6.07) is 6.91. The summed E-state index contributed by atoms with van der Waals surface area (Å²) in [6.07, 6.45) is 4.73. The number of carbonyl (C=O) groups is 2. The standard InChI is InChI=1S/C14H16O3/c1-3-4-13(15)10-7-11-5-8-12(9-6-11)14(16)17-2/h5-10H,3-4H2,1-2H3/b10-7+. The number of esters is 1. The van der Waals surface area contributed by atoms with Gasteiger partial charge >= 0.3 is 5.97 Å². The van der Waals surface area contributed by atoms with Crippen molar-refractivity contribution in [2.75, 3.05) is 7.11 Å². The van der Waals surface area contributed by atoms with Gasteiger partial charge in [-0.05, 0) is 30.2 Å². The van der Waals surface area contributed by atoms with Gasteiger partial charge in [0, 0.05) is 6.42 Å². The summed E-state index contributed by atoms with van der Waals surface area (Å²) >= 11 is 0. The van der Waals surface area contributed by atoms with Crippen LogP contribution in [0.3, 0.4) is 0 Å². The van der Waals surface area contributed by atoms with Gasteiger partial charge in [-0.1, -0.05) is 25.1 Å². The third-order valence-electron chi connectivity index (χ3n) is 2.29. The molecule has 0 aliphatic rings. The monoisotopic (exact) mass is 232 g/mol. The molecule has 0 unspecified atom stereocenters. The first kappa shape index (κ1) is 13.2. The van der Waals surface area contributed by atoms with Gasteiger partial charge in [0.25, 0.3) is 0 Å². The molecule has 0 spiro atoms. The van der Waals surface area contributed by atoms with Crippen molar-refractivity contribution in [3.05, 3.63) is 41.5 Å². The molecular formula is C14H16O3. The maximum atomic E-state index is 11.3. The van der Waals surface area contributed by atoms with Crippen molar-refractivity contribution < 1.29 is 14.3 Å². The molecule has 0 aliphatic carbocycles. The second kappa shape index (κ2) is 6.63. The van der Waals surface area contributed by atoms with Gasteiger partial charge in [-0.25, -0.2) is 4.79 Å². The molecule has 1 rings (SSSR count). The van der Waals surface area contributed by atoms with Crippen LogP contribution in [-0.4, -0.2) is 18.9 Å². The van der Waals surface area contributed by atoms with E-state index in [1.807, 2.05) is 6.92 Å². The summed E-state index contributed by atoms with van der Waals surface area (Å²) < 4.78 is 4.60. The number of methoxy groups -OCH3 is 1. The van der Waals surface area contributed by atoms with Crippen molar-refractivity contribution in [2.24, 2.45) is 0 Å². The average molecular weight is 232 g/mol. The minimum Gasteiger partial charge on any atom is -0.465 e. The zero-order chi connectivity index (χ0) is 12.7. The van der Waals surface area contributed by atoms with Crippen LogP contribution in [0.25, 0.3) is 6.08 Å². The Kier molecular flexibility index (Phi) is 5.14. The summed E-state index contributed by atoms with van der Waals surface area (Å²) in [7, 11) is 1.35. The van der Waals surface area contributed by atoms with Gasteiger partial charge in [0.1, 0.15) is 0 Å². The Labute approximate surface area is 101 Å². The molecule has 0 atom stereocenters. The third-order valence-corrected chi connectivity index (χ3v) is 2.29. The molecule has 0 saturated carbocycles. The lowest BCUT2D eigenvalue weighted by Crippen LogP contribution is -2.00. The summed E-state index contributed by atoms with van der Waals surface area (Å²) in [5.74, 6) is -0.243. The number of rotatable bonds is 5. The van der Waals surface area contributed by atoms with E-state index >= 15 is 0 Å². The summed E-state index contributed by atoms with van der Waals surface area (Å²) in [6.45, 7) is 1.97. The summed E-state index contributed by atoms with van der Waals surface area (Å²) in [5, 5.41) is 0. The Hall–Kier alpha value is -1.90. The molecule has 1 aromatic carbocycles. The van der Waals surface area contributed by atoms with E-state index in [0.29, 0.717) is 12.0 Å². The van der Waals surface area contributed by atoms with Crippen LogP contribution in [0, 0.1) is 0 Å². The minimum absolute atomic E-state index is 0.115. The molecule has 0 fully saturated rings. The highest BCUT2D eigenvalue weighted by Crippen LogP contribution is 2.07. The van der Waals surface area contributed by atoms with Crippen molar-refractivity contribution in [1.82, 2.24) is 0 Å². The molecule has 0 aliphatic heterocycles. The van der Waals surface area contributed by atoms with Crippen LogP contribution in [-0.2, 0) is 9.53 Å². The largest absolute Gasteiger partial charge is 0.465 e. The highest BCUT2D eigenvalue weighted by Gasteiger charge is 2.03. The zero-order valence-corrected chi connectivity index (χ0v) is 10.1. The van der Waals surface area contributed by atoms with E-state index in [0.717, 1.165) is 12.0 Å². The highest BCUT2D eigenvalue weighted by molar-refractivity contribution is 5.94. The van der Waals surface area contributed by atoms with Crippen LogP contribution in [0.15, 0.2) is 30.3 Å². The molecular weight excluding hydrogens is 216 g/mol. The number of hydrogen-bond acceptors (Lipinski definition) is 3. The van der Waals surface area contributed by atoms with Crippen LogP contribution in [0.4, 0.5) is 0 Å². The van der Waals surface area contributed by atoms with Gasteiger partial charge in [-0.2, -0.15) is 0 Å². The fraction of sp³-hybridized carbons (Fsp3) is 0.286. The third kappa shape index (κ3) is 4.23. The van der Waals surface area contributed by atoms with Gasteiger partial charge in [-0.15, -0.1) is 0 Å². The molecule has 0 saturated heterocycles. The average Bonchev–Trinajstić information content (AvgIpc) is 2.36. The first-order chi connectivity index (χ1) is 8.17.